The zero-order valence-electron chi connectivity index (χ0n) is 12.9. The van der Waals surface area contributed by atoms with Gasteiger partial charge in [0.1, 0.15) is 5.75 Å². The molecule has 4 heteroatoms. The number of aryl methyl sites for hydroxylation is 2. The van der Waals surface area contributed by atoms with Gasteiger partial charge in [0.05, 0.1) is 12.8 Å². The Morgan fingerprint density at radius 2 is 1.64 bits per heavy atom. The van der Waals surface area contributed by atoms with Gasteiger partial charge in [-0.2, -0.15) is 0 Å². The highest BCUT2D eigenvalue weighted by Crippen LogP contribution is 2.32. The van der Waals surface area contributed by atoms with Gasteiger partial charge in [0.15, 0.2) is 5.13 Å². The summed E-state index contributed by atoms with van der Waals surface area (Å²) in [5, 5.41) is 4.28. The fraction of sp³-hybridized carbons (Fsp3) is 0.167. The van der Waals surface area contributed by atoms with Crippen molar-refractivity contribution in [3.05, 3.63) is 59.0 Å². The molecule has 1 N–H and O–H groups in total. The Labute approximate surface area is 134 Å². The van der Waals surface area contributed by atoms with Gasteiger partial charge in [-0.3, -0.25) is 0 Å². The van der Waals surface area contributed by atoms with Crippen LogP contribution < -0.4 is 10.1 Å². The van der Waals surface area contributed by atoms with E-state index >= 15 is 0 Å². The third-order valence-electron chi connectivity index (χ3n) is 3.46. The first-order chi connectivity index (χ1) is 10.7. The van der Waals surface area contributed by atoms with E-state index < -0.39 is 0 Å². The molecule has 0 saturated heterocycles. The number of anilines is 2. The second-order valence-electron chi connectivity index (χ2n) is 5.14. The highest BCUT2D eigenvalue weighted by Gasteiger charge is 2.10. The first-order valence-electron chi connectivity index (χ1n) is 7.11. The summed E-state index contributed by atoms with van der Waals surface area (Å²) in [6.45, 7) is 4.18. The molecule has 0 aliphatic carbocycles. The first kappa shape index (κ1) is 14.6. The van der Waals surface area contributed by atoms with Crippen molar-refractivity contribution in [3.63, 3.8) is 0 Å². The number of nitrogens with zero attached hydrogens (tertiary/aromatic N) is 1. The summed E-state index contributed by atoms with van der Waals surface area (Å²) in [5.74, 6) is 0.856. The Hall–Kier alpha value is -2.33. The number of methoxy groups -OCH3 is 1. The van der Waals surface area contributed by atoms with Crippen LogP contribution in [-0.4, -0.2) is 12.1 Å². The van der Waals surface area contributed by atoms with Crippen LogP contribution in [0.5, 0.6) is 5.75 Å². The molecule has 112 valence electrons. The summed E-state index contributed by atoms with van der Waals surface area (Å²) in [6.07, 6.45) is 0. The molecular formula is C18H18N2OS. The van der Waals surface area contributed by atoms with E-state index in [1.807, 2.05) is 24.3 Å². The lowest BCUT2D eigenvalue weighted by molar-refractivity contribution is 0.415. The van der Waals surface area contributed by atoms with Gasteiger partial charge in [-0.1, -0.05) is 17.7 Å². The summed E-state index contributed by atoms with van der Waals surface area (Å²) in [6, 6.07) is 16.3. The lowest BCUT2D eigenvalue weighted by Gasteiger charge is -2.03. The molecule has 0 fully saturated rings. The quantitative estimate of drug-likeness (QED) is 0.721. The van der Waals surface area contributed by atoms with Crippen LogP contribution in [0.2, 0.25) is 0 Å². The van der Waals surface area contributed by atoms with E-state index in [0.717, 1.165) is 27.8 Å². The van der Waals surface area contributed by atoms with Gasteiger partial charge >= 0.3 is 0 Å². The normalized spacial score (nSPS) is 10.5. The minimum absolute atomic E-state index is 0.856. The van der Waals surface area contributed by atoms with E-state index in [1.165, 1.54) is 10.4 Å². The smallest absolute Gasteiger partial charge is 0.187 e. The van der Waals surface area contributed by atoms with Crippen molar-refractivity contribution >= 4 is 22.2 Å². The van der Waals surface area contributed by atoms with Crippen molar-refractivity contribution in [2.75, 3.05) is 12.4 Å². The molecule has 3 nitrogen and oxygen atoms in total. The number of hydrogen-bond donors (Lipinski definition) is 1. The predicted octanol–water partition coefficient (Wildman–Crippen LogP) is 5.18. The summed E-state index contributed by atoms with van der Waals surface area (Å²) in [7, 11) is 1.67. The van der Waals surface area contributed by atoms with Gasteiger partial charge in [0.2, 0.25) is 0 Å². The Morgan fingerprint density at radius 3 is 2.27 bits per heavy atom. The largest absolute Gasteiger partial charge is 0.497 e. The zero-order chi connectivity index (χ0) is 15.5. The zero-order valence-corrected chi connectivity index (χ0v) is 13.7. The van der Waals surface area contributed by atoms with Gasteiger partial charge in [-0.05, 0) is 50.2 Å². The van der Waals surface area contributed by atoms with E-state index in [9.17, 15) is 0 Å². The number of rotatable bonds is 4. The Morgan fingerprint density at radius 1 is 0.955 bits per heavy atom. The summed E-state index contributed by atoms with van der Waals surface area (Å²) in [4.78, 5) is 5.91. The summed E-state index contributed by atoms with van der Waals surface area (Å²) < 4.78 is 5.20. The van der Waals surface area contributed by atoms with Gasteiger partial charge in [0.25, 0.3) is 0 Å². The molecule has 2 aromatic carbocycles. The van der Waals surface area contributed by atoms with Gasteiger partial charge in [0, 0.05) is 16.1 Å². The maximum absolute atomic E-state index is 5.20. The molecule has 0 aliphatic rings. The maximum atomic E-state index is 5.20. The van der Waals surface area contributed by atoms with E-state index in [0.29, 0.717) is 0 Å². The van der Waals surface area contributed by atoms with Crippen LogP contribution in [0.3, 0.4) is 0 Å². The number of aromatic nitrogens is 1. The summed E-state index contributed by atoms with van der Waals surface area (Å²) >= 11 is 1.66. The molecule has 0 radical (unpaired) electrons. The van der Waals surface area contributed by atoms with Crippen molar-refractivity contribution in [2.24, 2.45) is 0 Å². The Balaban J connectivity index is 1.85. The number of benzene rings is 2. The average molecular weight is 310 g/mol. The van der Waals surface area contributed by atoms with Crippen molar-refractivity contribution in [1.82, 2.24) is 4.98 Å². The maximum Gasteiger partial charge on any atom is 0.187 e. The number of ether oxygens (including phenoxy) is 1. The third-order valence-corrected chi connectivity index (χ3v) is 4.35. The van der Waals surface area contributed by atoms with Crippen molar-refractivity contribution in [1.29, 1.82) is 0 Å². The van der Waals surface area contributed by atoms with Crippen molar-refractivity contribution in [2.45, 2.75) is 13.8 Å². The molecule has 0 amide bonds. The standard InChI is InChI=1S/C18H18N2OS/c1-12-4-8-15(9-5-12)19-18-20-17(13(2)22-18)14-6-10-16(21-3)11-7-14/h4-11H,1-3H3,(H,19,20). The molecular weight excluding hydrogens is 292 g/mol. The molecule has 0 unspecified atom stereocenters. The fourth-order valence-electron chi connectivity index (χ4n) is 2.23. The second-order valence-corrected chi connectivity index (χ2v) is 6.35. The SMILES string of the molecule is COc1ccc(-c2nc(Nc3ccc(C)cc3)sc2C)cc1. The van der Waals surface area contributed by atoms with Crippen molar-refractivity contribution < 1.29 is 4.74 Å². The monoisotopic (exact) mass is 310 g/mol. The van der Waals surface area contributed by atoms with E-state index in [2.05, 4.69) is 43.4 Å². The van der Waals surface area contributed by atoms with Gasteiger partial charge in [-0.15, -0.1) is 11.3 Å². The van der Waals surface area contributed by atoms with Crippen LogP contribution in [0.15, 0.2) is 48.5 Å². The highest BCUT2D eigenvalue weighted by atomic mass is 32.1. The first-order valence-corrected chi connectivity index (χ1v) is 7.93. The Kier molecular flexibility index (Phi) is 4.11. The second kappa shape index (κ2) is 6.20. The van der Waals surface area contributed by atoms with Gasteiger partial charge < -0.3 is 10.1 Å². The molecule has 0 atom stereocenters. The summed E-state index contributed by atoms with van der Waals surface area (Å²) in [5.41, 5.74) is 4.43. The van der Waals surface area contributed by atoms with Crippen LogP contribution >= 0.6 is 11.3 Å². The molecule has 0 bridgehead atoms. The molecule has 3 aromatic rings. The van der Waals surface area contributed by atoms with E-state index in [-0.39, 0.29) is 0 Å². The van der Waals surface area contributed by atoms with Crippen LogP contribution in [0.1, 0.15) is 10.4 Å². The minimum atomic E-state index is 0.856. The minimum Gasteiger partial charge on any atom is -0.497 e. The number of nitrogens with one attached hydrogen (secondary N) is 1. The number of hydrogen-bond acceptors (Lipinski definition) is 4. The van der Waals surface area contributed by atoms with Crippen LogP contribution in [0.4, 0.5) is 10.8 Å². The van der Waals surface area contributed by atoms with E-state index in [4.69, 9.17) is 9.72 Å². The highest BCUT2D eigenvalue weighted by molar-refractivity contribution is 7.16. The number of thiazole rings is 1. The van der Waals surface area contributed by atoms with Crippen molar-refractivity contribution in [3.8, 4) is 17.0 Å². The molecule has 0 aliphatic heterocycles. The Bertz CT molecular complexity index is 761. The van der Waals surface area contributed by atoms with Crippen LogP contribution in [0, 0.1) is 13.8 Å². The third kappa shape index (κ3) is 3.12. The molecule has 0 spiro atoms. The lowest BCUT2D eigenvalue weighted by Crippen LogP contribution is -1.89. The molecule has 3 rings (SSSR count). The fourth-order valence-corrected chi connectivity index (χ4v) is 3.08. The molecule has 1 heterocycles. The van der Waals surface area contributed by atoms with Crippen LogP contribution in [-0.2, 0) is 0 Å². The molecule has 0 saturated carbocycles. The average Bonchev–Trinajstić information content (AvgIpc) is 2.90. The predicted molar refractivity (Wildman–Crippen MR) is 93.3 cm³/mol. The van der Waals surface area contributed by atoms with E-state index in [1.54, 1.807) is 18.4 Å². The molecule has 1 aromatic heterocycles. The van der Waals surface area contributed by atoms with Gasteiger partial charge in [-0.25, -0.2) is 4.98 Å². The molecule has 22 heavy (non-hydrogen) atoms. The van der Waals surface area contributed by atoms with Crippen LogP contribution in [0.25, 0.3) is 11.3 Å². The topological polar surface area (TPSA) is 34.1 Å². The lowest BCUT2D eigenvalue weighted by atomic mass is 10.1.